The van der Waals surface area contributed by atoms with Crippen molar-refractivity contribution in [2.75, 3.05) is 13.7 Å². The lowest BCUT2D eigenvalue weighted by Gasteiger charge is -2.03. The monoisotopic (exact) mass is 190 g/mol. The van der Waals surface area contributed by atoms with Crippen LogP contribution in [0, 0.1) is 0 Å². The molecule has 1 fully saturated rings. The van der Waals surface area contributed by atoms with Crippen molar-refractivity contribution in [3.05, 3.63) is 0 Å². The third-order valence-corrected chi connectivity index (χ3v) is 3.03. The Labute approximate surface area is 72.8 Å². The quantitative estimate of drug-likeness (QED) is 0.622. The molecule has 4 nitrogen and oxygen atoms in total. The summed E-state index contributed by atoms with van der Waals surface area (Å²) in [5, 5.41) is 0. The highest BCUT2D eigenvalue weighted by molar-refractivity contribution is 7.37. The van der Waals surface area contributed by atoms with Crippen molar-refractivity contribution in [2.24, 2.45) is 0 Å². The topological polar surface area (TPSA) is 46.6 Å². The van der Waals surface area contributed by atoms with Crippen LogP contribution in [0.25, 0.3) is 0 Å². The van der Waals surface area contributed by atoms with Crippen LogP contribution in [0.3, 0.4) is 0 Å². The highest BCUT2D eigenvalue weighted by Crippen LogP contribution is 2.30. The third kappa shape index (κ3) is 2.26. The van der Waals surface area contributed by atoms with Gasteiger partial charge in [0.05, 0.1) is 13.7 Å². The number of carbonyl (C=O) groups excluding carboxylic acids is 1. The van der Waals surface area contributed by atoms with Gasteiger partial charge in [-0.2, -0.15) is 0 Å². The van der Waals surface area contributed by atoms with Gasteiger partial charge in [0.15, 0.2) is 0 Å². The lowest BCUT2D eigenvalue weighted by atomic mass is 10.2. The van der Waals surface area contributed by atoms with Crippen molar-refractivity contribution in [3.8, 4) is 0 Å². The molecular formula is C7H13NO3P+. The zero-order chi connectivity index (χ0) is 8.97. The molecule has 0 N–H and O–H groups in total. The molecule has 5 heteroatoms. The fourth-order valence-electron chi connectivity index (χ4n) is 1.24. The van der Waals surface area contributed by atoms with E-state index in [1.54, 1.807) is 0 Å². The normalized spacial score (nSPS) is 20.6. The largest absolute Gasteiger partial charge is 0.648 e. The second kappa shape index (κ2) is 4.53. The Morgan fingerprint density at radius 2 is 2.17 bits per heavy atom. The molecule has 12 heavy (non-hydrogen) atoms. The Balaban J connectivity index is 2.59. The van der Waals surface area contributed by atoms with Gasteiger partial charge in [0.1, 0.15) is 0 Å². The molecule has 1 atom stereocenters. The summed E-state index contributed by atoms with van der Waals surface area (Å²) in [6, 6.07) is 0. The summed E-state index contributed by atoms with van der Waals surface area (Å²) in [5.41, 5.74) is 0. The maximum atomic E-state index is 11.3. The molecule has 1 aliphatic rings. The standard InChI is InChI=1S/C7H13NO3P/c1-11-12(10)8-6-4-2-3-5-7(8)9/h2-6H2,1H3/q+1. The fourth-order valence-corrected chi connectivity index (χ4v) is 2.02. The van der Waals surface area contributed by atoms with E-state index in [1.807, 2.05) is 0 Å². The van der Waals surface area contributed by atoms with Gasteiger partial charge in [-0.3, -0.25) is 4.79 Å². The maximum Gasteiger partial charge on any atom is 0.648 e. The van der Waals surface area contributed by atoms with Gasteiger partial charge < -0.3 is 0 Å². The van der Waals surface area contributed by atoms with Crippen LogP contribution in [0.1, 0.15) is 25.7 Å². The molecule has 1 rings (SSSR count). The van der Waals surface area contributed by atoms with Gasteiger partial charge >= 0.3 is 8.18 Å². The molecule has 1 aliphatic heterocycles. The van der Waals surface area contributed by atoms with Crippen LogP contribution in [0.4, 0.5) is 0 Å². The lowest BCUT2D eigenvalue weighted by molar-refractivity contribution is -0.126. The predicted octanol–water partition coefficient (Wildman–Crippen LogP) is 1.69. The summed E-state index contributed by atoms with van der Waals surface area (Å²) in [4.78, 5) is 11.3. The van der Waals surface area contributed by atoms with Crippen molar-refractivity contribution in [1.29, 1.82) is 0 Å². The van der Waals surface area contributed by atoms with E-state index in [0.29, 0.717) is 13.0 Å². The number of rotatable bonds is 2. The number of amides is 1. The molecular weight excluding hydrogens is 177 g/mol. The SMILES string of the molecule is CO[P+](=O)N1CCCCCC1=O. The molecule has 0 bridgehead atoms. The highest BCUT2D eigenvalue weighted by atomic mass is 31.1. The van der Waals surface area contributed by atoms with E-state index in [9.17, 15) is 9.36 Å². The van der Waals surface area contributed by atoms with Gasteiger partial charge in [-0.25, -0.2) is 0 Å². The van der Waals surface area contributed by atoms with Gasteiger partial charge in [0.25, 0.3) is 5.91 Å². The molecule has 0 saturated carbocycles. The molecule has 0 aromatic rings. The Kier molecular flexibility index (Phi) is 3.63. The van der Waals surface area contributed by atoms with Gasteiger partial charge in [-0.15, -0.1) is 9.19 Å². The molecule has 1 amide bonds. The molecule has 1 heterocycles. The zero-order valence-electron chi connectivity index (χ0n) is 7.15. The Morgan fingerprint density at radius 3 is 2.83 bits per heavy atom. The summed E-state index contributed by atoms with van der Waals surface area (Å²) in [5.74, 6) is -0.0459. The molecule has 1 unspecified atom stereocenters. The van der Waals surface area contributed by atoms with Gasteiger partial charge in [-0.1, -0.05) is 6.42 Å². The lowest BCUT2D eigenvalue weighted by Crippen LogP contribution is -2.23. The van der Waals surface area contributed by atoms with Crippen LogP contribution in [-0.2, 0) is 13.9 Å². The van der Waals surface area contributed by atoms with Crippen LogP contribution >= 0.6 is 8.18 Å². The second-order valence-corrected chi connectivity index (χ2v) is 4.07. The van der Waals surface area contributed by atoms with Crippen molar-refractivity contribution in [2.45, 2.75) is 25.7 Å². The van der Waals surface area contributed by atoms with Gasteiger partial charge in [0.2, 0.25) is 0 Å². The van der Waals surface area contributed by atoms with Gasteiger partial charge in [0, 0.05) is 6.42 Å². The van der Waals surface area contributed by atoms with E-state index < -0.39 is 8.18 Å². The number of hydrogen-bond acceptors (Lipinski definition) is 3. The Hall–Kier alpha value is -0.470. The summed E-state index contributed by atoms with van der Waals surface area (Å²) >= 11 is 0. The van der Waals surface area contributed by atoms with E-state index in [2.05, 4.69) is 4.52 Å². The van der Waals surface area contributed by atoms with E-state index in [1.165, 1.54) is 11.8 Å². The van der Waals surface area contributed by atoms with E-state index in [4.69, 9.17) is 0 Å². The fraction of sp³-hybridized carbons (Fsp3) is 0.857. The smallest absolute Gasteiger partial charge is 0.271 e. The van der Waals surface area contributed by atoms with Crippen molar-refractivity contribution in [1.82, 2.24) is 4.67 Å². The second-order valence-electron chi connectivity index (χ2n) is 2.75. The average Bonchev–Trinajstić information content (AvgIpc) is 2.28. The Morgan fingerprint density at radius 1 is 1.42 bits per heavy atom. The van der Waals surface area contributed by atoms with Crippen molar-refractivity contribution in [3.63, 3.8) is 0 Å². The van der Waals surface area contributed by atoms with Crippen molar-refractivity contribution < 1.29 is 13.9 Å². The van der Waals surface area contributed by atoms with E-state index >= 15 is 0 Å². The number of carbonyl (C=O) groups is 1. The molecule has 68 valence electrons. The first-order chi connectivity index (χ1) is 5.75. The van der Waals surface area contributed by atoms with Crippen LogP contribution in [0.15, 0.2) is 0 Å². The average molecular weight is 190 g/mol. The van der Waals surface area contributed by atoms with Gasteiger partial charge in [-0.05, 0) is 17.4 Å². The molecule has 0 spiro atoms. The zero-order valence-corrected chi connectivity index (χ0v) is 8.05. The minimum atomic E-state index is -1.92. The summed E-state index contributed by atoms with van der Waals surface area (Å²) in [6.45, 7) is 0.571. The number of hydrogen-bond donors (Lipinski definition) is 0. The first kappa shape index (κ1) is 9.62. The molecule has 0 aromatic carbocycles. The molecule has 1 saturated heterocycles. The van der Waals surface area contributed by atoms with Crippen LogP contribution in [-0.4, -0.2) is 24.2 Å². The number of nitrogens with zero attached hydrogens (tertiary/aromatic N) is 1. The highest BCUT2D eigenvalue weighted by Gasteiger charge is 2.34. The van der Waals surface area contributed by atoms with Crippen LogP contribution in [0.5, 0.6) is 0 Å². The van der Waals surface area contributed by atoms with Crippen LogP contribution < -0.4 is 0 Å². The van der Waals surface area contributed by atoms with E-state index in [-0.39, 0.29) is 5.91 Å². The first-order valence-electron chi connectivity index (χ1n) is 4.07. The summed E-state index contributed by atoms with van der Waals surface area (Å²) in [7, 11) is -0.561. The third-order valence-electron chi connectivity index (χ3n) is 1.90. The maximum absolute atomic E-state index is 11.3. The molecule has 0 aliphatic carbocycles. The van der Waals surface area contributed by atoms with Crippen LogP contribution in [0.2, 0.25) is 0 Å². The minimum absolute atomic E-state index is 0.0459. The molecule has 0 radical (unpaired) electrons. The van der Waals surface area contributed by atoms with E-state index in [0.717, 1.165) is 19.3 Å². The molecule has 0 aromatic heterocycles. The summed E-state index contributed by atoms with van der Waals surface area (Å²) < 4.78 is 17.1. The predicted molar refractivity (Wildman–Crippen MR) is 44.8 cm³/mol. The Bertz CT molecular complexity index is 195. The van der Waals surface area contributed by atoms with Crippen molar-refractivity contribution >= 4 is 14.1 Å². The summed E-state index contributed by atoms with van der Waals surface area (Å²) in [6.07, 6.45) is 3.37. The first-order valence-corrected chi connectivity index (χ1v) is 5.20. The minimum Gasteiger partial charge on any atom is -0.271 e.